The van der Waals surface area contributed by atoms with Crippen LogP contribution in [0.5, 0.6) is 0 Å². The summed E-state index contributed by atoms with van der Waals surface area (Å²) in [6, 6.07) is 37.2. The molecule has 0 amide bonds. The van der Waals surface area contributed by atoms with Crippen LogP contribution in [0.25, 0.3) is 72.0 Å². The monoisotopic (exact) mass is 450 g/mol. The zero-order chi connectivity index (χ0) is 22.9. The maximum absolute atomic E-state index is 6.36. The van der Waals surface area contributed by atoms with Crippen LogP contribution in [0.15, 0.2) is 118 Å². The Balaban J connectivity index is 1.45. The summed E-state index contributed by atoms with van der Waals surface area (Å²) in [7, 11) is 0. The van der Waals surface area contributed by atoms with Crippen molar-refractivity contribution in [2.45, 2.75) is 0 Å². The van der Waals surface area contributed by atoms with Crippen LogP contribution in [-0.4, -0.2) is 9.55 Å². The van der Waals surface area contributed by atoms with Gasteiger partial charge in [-0.15, -0.1) is 0 Å². The molecule has 164 valence electrons. The fourth-order valence-corrected chi connectivity index (χ4v) is 5.24. The van der Waals surface area contributed by atoms with Crippen LogP contribution < -0.4 is 0 Å². The number of imidazole rings is 1. The molecule has 0 saturated carbocycles. The van der Waals surface area contributed by atoms with Gasteiger partial charge in [-0.1, -0.05) is 60.7 Å². The summed E-state index contributed by atoms with van der Waals surface area (Å²) >= 11 is 0. The van der Waals surface area contributed by atoms with Crippen LogP contribution in [-0.2, 0) is 0 Å². The lowest BCUT2D eigenvalue weighted by Crippen LogP contribution is -1.97. The molecule has 3 heterocycles. The van der Waals surface area contributed by atoms with Crippen molar-refractivity contribution in [3.63, 3.8) is 0 Å². The number of furan rings is 2. The fraction of sp³-hybridized carbons (Fsp3) is 0. The van der Waals surface area contributed by atoms with Crippen molar-refractivity contribution < 1.29 is 8.83 Å². The maximum atomic E-state index is 6.36. The Morgan fingerprint density at radius 3 is 2.11 bits per heavy atom. The van der Waals surface area contributed by atoms with E-state index >= 15 is 0 Å². The summed E-state index contributed by atoms with van der Waals surface area (Å²) in [4.78, 5) is 5.07. The first-order valence-corrected chi connectivity index (χ1v) is 11.6. The van der Waals surface area contributed by atoms with Crippen molar-refractivity contribution in [3.05, 3.63) is 109 Å². The van der Waals surface area contributed by atoms with Crippen molar-refractivity contribution in [2.24, 2.45) is 0 Å². The van der Waals surface area contributed by atoms with E-state index in [-0.39, 0.29) is 0 Å². The van der Waals surface area contributed by atoms with E-state index < -0.39 is 0 Å². The Hall–Kier alpha value is -4.83. The molecule has 35 heavy (non-hydrogen) atoms. The average molecular weight is 450 g/mol. The summed E-state index contributed by atoms with van der Waals surface area (Å²) in [5.41, 5.74) is 7.38. The van der Waals surface area contributed by atoms with Crippen LogP contribution in [0.4, 0.5) is 0 Å². The quantitative estimate of drug-likeness (QED) is 0.265. The lowest BCUT2D eigenvalue weighted by Gasteiger charge is -2.10. The van der Waals surface area contributed by atoms with E-state index in [1.165, 1.54) is 0 Å². The second kappa shape index (κ2) is 6.84. The van der Waals surface area contributed by atoms with Crippen LogP contribution >= 0.6 is 0 Å². The lowest BCUT2D eigenvalue weighted by atomic mass is 10.1. The van der Waals surface area contributed by atoms with Crippen molar-refractivity contribution >= 4 is 54.9 Å². The number of hydrogen-bond acceptors (Lipinski definition) is 3. The first-order valence-electron chi connectivity index (χ1n) is 11.6. The Bertz CT molecular complexity index is 2070. The summed E-state index contributed by atoms with van der Waals surface area (Å²) in [6.07, 6.45) is 0. The molecule has 0 bridgehead atoms. The zero-order valence-corrected chi connectivity index (χ0v) is 18.6. The summed E-state index contributed by atoms with van der Waals surface area (Å²) in [5.74, 6) is 0.839. The van der Waals surface area contributed by atoms with E-state index in [1.54, 1.807) is 0 Å². The Kier molecular flexibility index (Phi) is 3.63. The third-order valence-corrected chi connectivity index (χ3v) is 6.83. The smallest absolute Gasteiger partial charge is 0.149 e. The zero-order valence-electron chi connectivity index (χ0n) is 18.6. The fourth-order valence-electron chi connectivity index (χ4n) is 5.24. The van der Waals surface area contributed by atoms with Gasteiger partial charge in [-0.05, 0) is 42.5 Å². The minimum atomic E-state index is 0.839. The maximum Gasteiger partial charge on any atom is 0.149 e. The van der Waals surface area contributed by atoms with Gasteiger partial charge >= 0.3 is 0 Å². The van der Waals surface area contributed by atoms with E-state index in [0.29, 0.717) is 0 Å². The van der Waals surface area contributed by atoms with Gasteiger partial charge in [0.1, 0.15) is 28.2 Å². The first-order chi connectivity index (χ1) is 17.3. The van der Waals surface area contributed by atoms with Gasteiger partial charge in [0.25, 0.3) is 0 Å². The molecule has 0 aliphatic carbocycles. The van der Waals surface area contributed by atoms with Crippen LogP contribution in [0.2, 0.25) is 0 Å². The van der Waals surface area contributed by atoms with Gasteiger partial charge in [0.15, 0.2) is 0 Å². The van der Waals surface area contributed by atoms with E-state index in [0.717, 1.165) is 72.0 Å². The summed E-state index contributed by atoms with van der Waals surface area (Å²) in [6.45, 7) is 0. The second-order valence-corrected chi connectivity index (χ2v) is 8.82. The van der Waals surface area contributed by atoms with Crippen LogP contribution in [0.1, 0.15) is 0 Å². The molecule has 5 aromatic carbocycles. The third-order valence-electron chi connectivity index (χ3n) is 6.83. The van der Waals surface area contributed by atoms with E-state index in [4.69, 9.17) is 13.8 Å². The number of aromatic nitrogens is 2. The molecule has 4 heteroatoms. The predicted octanol–water partition coefficient (Wildman–Crippen LogP) is 8.49. The molecule has 0 unspecified atom stereocenters. The van der Waals surface area contributed by atoms with Gasteiger partial charge in [-0.25, -0.2) is 4.98 Å². The molecule has 0 saturated heterocycles. The Morgan fingerprint density at radius 1 is 0.543 bits per heavy atom. The topological polar surface area (TPSA) is 44.1 Å². The van der Waals surface area contributed by atoms with Gasteiger partial charge in [-0.3, -0.25) is 4.57 Å². The largest absolute Gasteiger partial charge is 0.456 e. The van der Waals surface area contributed by atoms with Gasteiger partial charge in [0.2, 0.25) is 0 Å². The summed E-state index contributed by atoms with van der Waals surface area (Å²) in [5, 5.41) is 4.42. The number of hydrogen-bond donors (Lipinski definition) is 0. The standard InChI is InChI=1S/C31H18N2O2/c1-5-14-27-20(8-1)22-17-16-19(18-29(22)34-27)33-26-13-4-3-12-25(26)32-31(33)24-11-7-10-23-21-9-2-6-15-28(21)35-30(23)24/h1-18H. The van der Waals surface area contributed by atoms with Crippen LogP contribution in [0.3, 0.4) is 0 Å². The minimum Gasteiger partial charge on any atom is -0.456 e. The van der Waals surface area contributed by atoms with E-state index in [9.17, 15) is 0 Å². The Labute approximate surface area is 199 Å². The minimum absolute atomic E-state index is 0.839. The molecule has 0 fully saturated rings. The van der Waals surface area contributed by atoms with Crippen molar-refractivity contribution in [3.8, 4) is 17.1 Å². The molecule has 8 aromatic rings. The number of fused-ring (bicyclic) bond motifs is 7. The SMILES string of the molecule is c1ccc2c(c1)nc(-c1cccc3c1oc1ccccc13)n2-c1ccc2c(c1)oc1ccccc12. The molecule has 0 N–H and O–H groups in total. The number of nitrogens with zero attached hydrogens (tertiary/aromatic N) is 2. The van der Waals surface area contributed by atoms with Crippen molar-refractivity contribution in [2.75, 3.05) is 0 Å². The van der Waals surface area contributed by atoms with Crippen molar-refractivity contribution in [1.82, 2.24) is 9.55 Å². The predicted molar refractivity (Wildman–Crippen MR) is 141 cm³/mol. The molecule has 0 aliphatic rings. The Morgan fingerprint density at radius 2 is 1.23 bits per heavy atom. The van der Waals surface area contributed by atoms with E-state index in [1.807, 2.05) is 54.6 Å². The molecule has 0 spiro atoms. The van der Waals surface area contributed by atoms with Crippen molar-refractivity contribution in [1.29, 1.82) is 0 Å². The second-order valence-electron chi connectivity index (χ2n) is 8.82. The van der Waals surface area contributed by atoms with Gasteiger partial charge in [-0.2, -0.15) is 0 Å². The molecule has 8 rings (SSSR count). The molecular weight excluding hydrogens is 432 g/mol. The average Bonchev–Trinajstić information content (AvgIpc) is 3.59. The molecule has 0 aliphatic heterocycles. The molecular formula is C31H18N2O2. The highest BCUT2D eigenvalue weighted by molar-refractivity contribution is 6.10. The lowest BCUT2D eigenvalue weighted by molar-refractivity contribution is 0.668. The van der Waals surface area contributed by atoms with E-state index in [2.05, 4.69) is 59.2 Å². The van der Waals surface area contributed by atoms with Gasteiger partial charge in [0, 0.05) is 27.6 Å². The number of para-hydroxylation sites is 5. The normalized spacial score (nSPS) is 12.0. The molecule has 0 atom stereocenters. The molecule has 4 nitrogen and oxygen atoms in total. The highest BCUT2D eigenvalue weighted by Crippen LogP contribution is 2.38. The number of rotatable bonds is 2. The van der Waals surface area contributed by atoms with Gasteiger partial charge < -0.3 is 8.83 Å². The van der Waals surface area contributed by atoms with Gasteiger partial charge in [0.05, 0.1) is 22.3 Å². The third kappa shape index (κ3) is 2.59. The highest BCUT2D eigenvalue weighted by atomic mass is 16.3. The first kappa shape index (κ1) is 18.6. The number of benzene rings is 5. The highest BCUT2D eigenvalue weighted by Gasteiger charge is 2.20. The summed E-state index contributed by atoms with van der Waals surface area (Å²) < 4.78 is 14.8. The molecule has 0 radical (unpaired) electrons. The molecule has 3 aromatic heterocycles. The van der Waals surface area contributed by atoms with Crippen LogP contribution in [0, 0.1) is 0 Å².